The van der Waals surface area contributed by atoms with E-state index in [1.54, 1.807) is 50.6 Å². The molecule has 4 rings (SSSR count). The van der Waals surface area contributed by atoms with E-state index in [2.05, 4.69) is 11.4 Å². The highest BCUT2D eigenvalue weighted by Crippen LogP contribution is 2.37. The van der Waals surface area contributed by atoms with Crippen LogP contribution in [0.4, 0.5) is 0 Å². The van der Waals surface area contributed by atoms with Gasteiger partial charge < -0.3 is 14.8 Å². The van der Waals surface area contributed by atoms with E-state index in [9.17, 15) is 9.59 Å². The van der Waals surface area contributed by atoms with Gasteiger partial charge in [0.2, 0.25) is 0 Å². The molecule has 5 heteroatoms. The fraction of sp³-hybridized carbons (Fsp3) is 0.286. The Bertz CT molecular complexity index is 1130. The Balaban J connectivity index is 1.53. The van der Waals surface area contributed by atoms with Crippen LogP contribution in [0.15, 0.2) is 72.8 Å². The van der Waals surface area contributed by atoms with Gasteiger partial charge in [-0.1, -0.05) is 61.4 Å². The van der Waals surface area contributed by atoms with Crippen LogP contribution in [-0.4, -0.2) is 32.0 Å². The molecule has 0 bridgehead atoms. The number of ketones is 1. The number of rotatable bonds is 7. The third-order valence-corrected chi connectivity index (χ3v) is 6.34. The summed E-state index contributed by atoms with van der Waals surface area (Å²) in [6, 6.07) is 22.0. The van der Waals surface area contributed by atoms with Gasteiger partial charge in [0.05, 0.1) is 14.2 Å². The molecule has 5 nitrogen and oxygen atoms in total. The zero-order valence-electron chi connectivity index (χ0n) is 19.0. The number of ether oxygens (including phenoxy) is 2. The van der Waals surface area contributed by atoms with Gasteiger partial charge in [0.25, 0.3) is 5.91 Å². The van der Waals surface area contributed by atoms with E-state index >= 15 is 0 Å². The maximum absolute atomic E-state index is 13.2. The molecular weight excluding hydrogens is 414 g/mol. The summed E-state index contributed by atoms with van der Waals surface area (Å²) in [7, 11) is 3.25. The summed E-state index contributed by atoms with van der Waals surface area (Å²) in [6.45, 7) is 0. The monoisotopic (exact) mass is 443 g/mol. The normalized spacial score (nSPS) is 17.8. The van der Waals surface area contributed by atoms with E-state index in [4.69, 9.17) is 9.47 Å². The van der Waals surface area contributed by atoms with Gasteiger partial charge >= 0.3 is 0 Å². The van der Waals surface area contributed by atoms with Crippen molar-refractivity contribution in [2.75, 3.05) is 14.2 Å². The smallest absolute Gasteiger partial charge is 0.251 e. The zero-order valence-corrected chi connectivity index (χ0v) is 19.0. The average molecular weight is 444 g/mol. The molecule has 1 aliphatic carbocycles. The second-order valence-corrected chi connectivity index (χ2v) is 8.36. The molecule has 0 unspecified atom stereocenters. The third-order valence-electron chi connectivity index (χ3n) is 6.34. The van der Waals surface area contributed by atoms with Crippen molar-refractivity contribution in [3.8, 4) is 11.5 Å². The third kappa shape index (κ3) is 5.08. The van der Waals surface area contributed by atoms with Crippen LogP contribution in [0.2, 0.25) is 0 Å². The molecule has 1 aliphatic rings. The van der Waals surface area contributed by atoms with E-state index in [0.717, 1.165) is 31.2 Å². The summed E-state index contributed by atoms with van der Waals surface area (Å²) in [4.78, 5) is 26.0. The molecule has 0 saturated heterocycles. The summed E-state index contributed by atoms with van der Waals surface area (Å²) < 4.78 is 10.8. The van der Waals surface area contributed by atoms with Crippen molar-refractivity contribution >= 4 is 11.7 Å². The molecular formula is C28H29NO4. The number of carbonyl (C=O) groups excluding carboxylic acids is 2. The lowest BCUT2D eigenvalue weighted by molar-refractivity contribution is 0.0920. The summed E-state index contributed by atoms with van der Waals surface area (Å²) in [5.41, 5.74) is 2.74. The van der Waals surface area contributed by atoms with Gasteiger partial charge in [0, 0.05) is 28.7 Å². The Kier molecular flexibility index (Phi) is 7.08. The standard InChI is InChI=1S/C28H29NO4/c1-32-25-16-15-20(18-26(25)33-2)23-13-6-7-14-24(23)29-28(31)22-12-8-11-21(17-22)27(30)19-9-4-3-5-10-19/h3-5,8-12,15-18,23-24H,6-7,13-14H2,1-2H3,(H,29,31)/t23-,24-/m1/s1. The van der Waals surface area contributed by atoms with Crippen LogP contribution in [-0.2, 0) is 0 Å². The molecule has 1 fully saturated rings. The van der Waals surface area contributed by atoms with Crippen molar-refractivity contribution in [1.82, 2.24) is 5.32 Å². The van der Waals surface area contributed by atoms with Crippen molar-refractivity contribution < 1.29 is 19.1 Å². The van der Waals surface area contributed by atoms with Gasteiger partial charge in [0.1, 0.15) is 0 Å². The largest absolute Gasteiger partial charge is 0.493 e. The molecule has 0 spiro atoms. The van der Waals surface area contributed by atoms with E-state index < -0.39 is 0 Å². The van der Waals surface area contributed by atoms with Crippen LogP contribution in [0.1, 0.15) is 63.4 Å². The molecule has 1 N–H and O–H groups in total. The van der Waals surface area contributed by atoms with Crippen LogP contribution in [0.3, 0.4) is 0 Å². The van der Waals surface area contributed by atoms with E-state index in [1.807, 2.05) is 30.3 Å². The molecule has 3 aromatic rings. The minimum atomic E-state index is -0.157. The highest BCUT2D eigenvalue weighted by atomic mass is 16.5. The van der Waals surface area contributed by atoms with Gasteiger partial charge in [-0.05, 0) is 42.7 Å². The second kappa shape index (κ2) is 10.3. The number of benzene rings is 3. The summed E-state index contributed by atoms with van der Waals surface area (Å²) in [5, 5.41) is 3.23. The van der Waals surface area contributed by atoms with E-state index in [-0.39, 0.29) is 23.7 Å². The number of hydrogen-bond donors (Lipinski definition) is 1. The van der Waals surface area contributed by atoms with Gasteiger partial charge in [-0.25, -0.2) is 0 Å². The van der Waals surface area contributed by atoms with Crippen molar-refractivity contribution in [1.29, 1.82) is 0 Å². The molecule has 3 aromatic carbocycles. The Hall–Kier alpha value is -3.60. The molecule has 0 aromatic heterocycles. The SMILES string of the molecule is COc1ccc([C@H]2CCCC[C@H]2NC(=O)c2cccc(C(=O)c3ccccc3)c2)cc1OC. The van der Waals surface area contributed by atoms with Gasteiger partial charge in [-0.15, -0.1) is 0 Å². The Morgan fingerprint density at radius 3 is 2.21 bits per heavy atom. The lowest BCUT2D eigenvalue weighted by Gasteiger charge is -2.33. The summed E-state index contributed by atoms with van der Waals surface area (Å²) in [5.74, 6) is 1.33. The molecule has 0 aliphatic heterocycles. The second-order valence-electron chi connectivity index (χ2n) is 8.36. The van der Waals surface area contributed by atoms with Crippen LogP contribution in [0.5, 0.6) is 11.5 Å². The lowest BCUT2D eigenvalue weighted by atomic mass is 9.79. The first-order valence-electron chi connectivity index (χ1n) is 11.3. The predicted molar refractivity (Wildman–Crippen MR) is 128 cm³/mol. The average Bonchev–Trinajstić information content (AvgIpc) is 2.88. The van der Waals surface area contributed by atoms with Gasteiger partial charge in [-0.2, -0.15) is 0 Å². The van der Waals surface area contributed by atoms with Crippen LogP contribution >= 0.6 is 0 Å². The predicted octanol–water partition coefficient (Wildman–Crippen LogP) is 5.39. The van der Waals surface area contributed by atoms with E-state index in [1.165, 1.54) is 0 Å². The van der Waals surface area contributed by atoms with Crippen molar-refractivity contribution in [3.05, 3.63) is 95.1 Å². The fourth-order valence-electron chi connectivity index (χ4n) is 4.60. The van der Waals surface area contributed by atoms with Crippen molar-refractivity contribution in [3.63, 3.8) is 0 Å². The molecule has 0 radical (unpaired) electrons. The van der Waals surface area contributed by atoms with Gasteiger partial charge in [0.15, 0.2) is 17.3 Å². The number of carbonyl (C=O) groups is 2. The molecule has 33 heavy (non-hydrogen) atoms. The zero-order chi connectivity index (χ0) is 23.2. The lowest BCUT2D eigenvalue weighted by Crippen LogP contribution is -2.41. The Morgan fingerprint density at radius 2 is 1.45 bits per heavy atom. The minimum absolute atomic E-state index is 0.0119. The van der Waals surface area contributed by atoms with Crippen LogP contribution in [0, 0.1) is 0 Å². The topological polar surface area (TPSA) is 64.6 Å². The number of hydrogen-bond acceptors (Lipinski definition) is 4. The van der Waals surface area contributed by atoms with Crippen LogP contribution in [0.25, 0.3) is 0 Å². The maximum atomic E-state index is 13.2. The Morgan fingerprint density at radius 1 is 0.758 bits per heavy atom. The molecule has 2 atom stereocenters. The maximum Gasteiger partial charge on any atom is 0.251 e. The number of nitrogens with one attached hydrogen (secondary N) is 1. The van der Waals surface area contributed by atoms with Crippen LogP contribution < -0.4 is 14.8 Å². The highest BCUT2D eigenvalue weighted by molar-refractivity contribution is 6.10. The Labute approximate surface area is 194 Å². The van der Waals surface area contributed by atoms with Gasteiger partial charge in [-0.3, -0.25) is 9.59 Å². The van der Waals surface area contributed by atoms with Crippen molar-refractivity contribution in [2.45, 2.75) is 37.6 Å². The number of amides is 1. The van der Waals surface area contributed by atoms with E-state index in [0.29, 0.717) is 28.2 Å². The first kappa shape index (κ1) is 22.6. The number of methoxy groups -OCH3 is 2. The molecule has 1 saturated carbocycles. The minimum Gasteiger partial charge on any atom is -0.493 e. The summed E-state index contributed by atoms with van der Waals surface area (Å²) in [6.07, 6.45) is 4.09. The molecule has 1 amide bonds. The van der Waals surface area contributed by atoms with Crippen molar-refractivity contribution in [2.24, 2.45) is 0 Å². The molecule has 0 heterocycles. The fourth-order valence-corrected chi connectivity index (χ4v) is 4.60. The first-order chi connectivity index (χ1) is 16.1. The highest BCUT2D eigenvalue weighted by Gasteiger charge is 2.29. The first-order valence-corrected chi connectivity index (χ1v) is 11.3. The summed E-state index contributed by atoms with van der Waals surface area (Å²) >= 11 is 0. The quantitative estimate of drug-likeness (QED) is 0.497. The molecule has 170 valence electrons.